The first-order valence-electron chi connectivity index (χ1n) is 7.03. The summed E-state index contributed by atoms with van der Waals surface area (Å²) < 4.78 is 15.0. The van der Waals surface area contributed by atoms with Crippen molar-refractivity contribution in [1.29, 1.82) is 0 Å². The second kappa shape index (κ2) is 7.13. The van der Waals surface area contributed by atoms with Gasteiger partial charge in [0.25, 0.3) is 0 Å². The summed E-state index contributed by atoms with van der Waals surface area (Å²) in [6.45, 7) is 2.82. The van der Waals surface area contributed by atoms with E-state index in [0.29, 0.717) is 18.7 Å². The van der Waals surface area contributed by atoms with Crippen LogP contribution in [0.3, 0.4) is 0 Å². The fourth-order valence-electron chi connectivity index (χ4n) is 2.26. The number of rotatable bonds is 6. The number of benzene rings is 1. The molecule has 0 radical (unpaired) electrons. The van der Waals surface area contributed by atoms with Crippen molar-refractivity contribution < 1.29 is 9.18 Å². The first-order chi connectivity index (χ1) is 10.5. The topological polar surface area (TPSA) is 63.1 Å². The van der Waals surface area contributed by atoms with Gasteiger partial charge in [-0.2, -0.15) is 0 Å². The maximum Gasteiger partial charge on any atom is 0.242 e. The van der Waals surface area contributed by atoms with Gasteiger partial charge in [0.1, 0.15) is 11.9 Å². The highest BCUT2D eigenvalue weighted by atomic mass is 19.1. The Morgan fingerprint density at radius 1 is 1.45 bits per heavy atom. The Hall–Kier alpha value is -2.28. The molecule has 0 spiro atoms. The largest absolute Gasteiger partial charge is 0.353 e. The van der Waals surface area contributed by atoms with E-state index in [9.17, 15) is 9.18 Å². The van der Waals surface area contributed by atoms with Crippen LogP contribution in [0.15, 0.2) is 30.5 Å². The first-order valence-corrected chi connectivity index (χ1v) is 7.03. The normalized spacial score (nSPS) is 12.4. The van der Waals surface area contributed by atoms with E-state index in [1.165, 1.54) is 12.1 Å². The number of carbonyl (C=O) groups is 1. The predicted octanol–water partition coefficient (Wildman–Crippen LogP) is 1.14. The molecule has 2 rings (SSSR count). The number of halogens is 1. The molecule has 0 saturated carbocycles. The fourth-order valence-corrected chi connectivity index (χ4v) is 2.26. The molecule has 1 N–H and O–H groups in total. The molecule has 0 saturated heterocycles. The lowest BCUT2D eigenvalue weighted by atomic mass is 10.1. The maximum absolute atomic E-state index is 13.4. The van der Waals surface area contributed by atoms with E-state index in [4.69, 9.17) is 0 Å². The average Bonchev–Trinajstić information content (AvgIpc) is 2.84. The summed E-state index contributed by atoms with van der Waals surface area (Å²) in [7, 11) is 3.58. The Balaban J connectivity index is 1.98. The predicted molar refractivity (Wildman–Crippen MR) is 80.6 cm³/mol. The number of aromatic nitrogens is 3. The quantitative estimate of drug-likeness (QED) is 0.869. The van der Waals surface area contributed by atoms with Gasteiger partial charge in [-0.3, -0.25) is 14.4 Å². The van der Waals surface area contributed by atoms with Crippen molar-refractivity contribution in [2.45, 2.75) is 19.5 Å². The summed E-state index contributed by atoms with van der Waals surface area (Å²) in [6, 6.07) is 5.56. The lowest BCUT2D eigenvalue weighted by molar-refractivity contribution is -0.125. The molecule has 0 bridgehead atoms. The van der Waals surface area contributed by atoms with Crippen LogP contribution in [0.2, 0.25) is 0 Å². The third-order valence-electron chi connectivity index (χ3n) is 3.22. The molecule has 22 heavy (non-hydrogen) atoms. The Morgan fingerprint density at radius 2 is 2.23 bits per heavy atom. The summed E-state index contributed by atoms with van der Waals surface area (Å²) >= 11 is 0. The molecule has 1 amide bonds. The van der Waals surface area contributed by atoms with Crippen molar-refractivity contribution in [3.63, 3.8) is 0 Å². The highest BCUT2D eigenvalue weighted by Crippen LogP contribution is 2.19. The summed E-state index contributed by atoms with van der Waals surface area (Å²) in [5.74, 6) is -0.525. The van der Waals surface area contributed by atoms with E-state index in [1.807, 2.05) is 13.1 Å². The Bertz CT molecular complexity index is 640. The van der Waals surface area contributed by atoms with Crippen LogP contribution >= 0.6 is 0 Å². The zero-order valence-corrected chi connectivity index (χ0v) is 13.0. The van der Waals surface area contributed by atoms with Crippen molar-refractivity contribution in [2.24, 2.45) is 0 Å². The van der Waals surface area contributed by atoms with E-state index in [1.54, 1.807) is 35.8 Å². The number of hydrogen-bond donors (Lipinski definition) is 1. The number of nitrogens with one attached hydrogen (secondary N) is 1. The zero-order valence-electron chi connectivity index (χ0n) is 13.0. The maximum atomic E-state index is 13.4. The Morgan fingerprint density at radius 3 is 2.82 bits per heavy atom. The number of aryl methyl sites for hydroxylation is 1. The van der Waals surface area contributed by atoms with Crippen LogP contribution in [0.4, 0.5) is 4.39 Å². The minimum atomic E-state index is -0.534. The third kappa shape index (κ3) is 4.11. The molecule has 2 aromatic rings. The van der Waals surface area contributed by atoms with Crippen LogP contribution in [0.5, 0.6) is 0 Å². The number of carbonyl (C=O) groups excluding carboxylic acids is 1. The van der Waals surface area contributed by atoms with Crippen molar-refractivity contribution >= 4 is 5.91 Å². The number of nitrogens with zero attached hydrogens (tertiary/aromatic N) is 4. The Kier molecular flexibility index (Phi) is 5.21. The SMILES string of the molecule is Cc1cn(CCNC(=O)[C@@H](c2cccc(F)c2)N(C)C)nn1. The number of hydrogen-bond acceptors (Lipinski definition) is 4. The van der Waals surface area contributed by atoms with Crippen LogP contribution < -0.4 is 5.32 Å². The van der Waals surface area contributed by atoms with Crippen LogP contribution in [-0.2, 0) is 11.3 Å². The molecular weight excluding hydrogens is 285 g/mol. The zero-order chi connectivity index (χ0) is 16.1. The van der Waals surface area contributed by atoms with Gasteiger partial charge in [-0.25, -0.2) is 4.39 Å². The van der Waals surface area contributed by atoms with Crippen LogP contribution in [0.1, 0.15) is 17.3 Å². The summed E-state index contributed by atoms with van der Waals surface area (Å²) in [5.41, 5.74) is 1.45. The monoisotopic (exact) mass is 305 g/mol. The van der Waals surface area contributed by atoms with Crippen molar-refractivity contribution in [2.75, 3.05) is 20.6 Å². The molecule has 1 atom stereocenters. The van der Waals surface area contributed by atoms with Crippen molar-refractivity contribution in [1.82, 2.24) is 25.2 Å². The lowest BCUT2D eigenvalue weighted by Crippen LogP contribution is -2.38. The second-order valence-corrected chi connectivity index (χ2v) is 5.34. The average molecular weight is 305 g/mol. The molecule has 0 aliphatic rings. The van der Waals surface area contributed by atoms with Gasteiger partial charge in [-0.1, -0.05) is 17.3 Å². The van der Waals surface area contributed by atoms with Gasteiger partial charge < -0.3 is 5.32 Å². The van der Waals surface area contributed by atoms with Gasteiger partial charge in [-0.15, -0.1) is 5.10 Å². The molecule has 0 aliphatic carbocycles. The molecule has 7 heteroatoms. The van der Waals surface area contributed by atoms with E-state index in [-0.39, 0.29) is 11.7 Å². The van der Waals surface area contributed by atoms with E-state index in [2.05, 4.69) is 15.6 Å². The summed E-state index contributed by atoms with van der Waals surface area (Å²) in [5, 5.41) is 10.7. The molecular formula is C15H20FN5O. The molecule has 1 aromatic heterocycles. The van der Waals surface area contributed by atoms with Gasteiger partial charge in [-0.05, 0) is 38.7 Å². The van der Waals surface area contributed by atoms with E-state index >= 15 is 0 Å². The van der Waals surface area contributed by atoms with Gasteiger partial charge >= 0.3 is 0 Å². The minimum absolute atomic E-state index is 0.174. The van der Waals surface area contributed by atoms with Crippen LogP contribution in [0, 0.1) is 12.7 Å². The van der Waals surface area contributed by atoms with Crippen LogP contribution in [-0.4, -0.2) is 46.4 Å². The second-order valence-electron chi connectivity index (χ2n) is 5.34. The van der Waals surface area contributed by atoms with Gasteiger partial charge in [0, 0.05) is 12.7 Å². The highest BCUT2D eigenvalue weighted by Gasteiger charge is 2.22. The molecule has 1 aromatic carbocycles. The highest BCUT2D eigenvalue weighted by molar-refractivity contribution is 5.83. The molecule has 0 aliphatic heterocycles. The minimum Gasteiger partial charge on any atom is -0.353 e. The lowest BCUT2D eigenvalue weighted by Gasteiger charge is -2.23. The first kappa shape index (κ1) is 16.1. The molecule has 118 valence electrons. The fraction of sp³-hybridized carbons (Fsp3) is 0.400. The number of amides is 1. The summed E-state index contributed by atoms with van der Waals surface area (Å²) in [4.78, 5) is 14.1. The Labute approximate surface area is 128 Å². The van der Waals surface area contributed by atoms with E-state index < -0.39 is 6.04 Å². The van der Waals surface area contributed by atoms with Gasteiger partial charge in [0.05, 0.1) is 12.2 Å². The molecule has 6 nitrogen and oxygen atoms in total. The summed E-state index contributed by atoms with van der Waals surface area (Å²) in [6.07, 6.45) is 1.81. The van der Waals surface area contributed by atoms with Gasteiger partial charge in [0.2, 0.25) is 5.91 Å². The van der Waals surface area contributed by atoms with Crippen molar-refractivity contribution in [3.05, 3.63) is 47.5 Å². The van der Waals surface area contributed by atoms with Gasteiger partial charge in [0.15, 0.2) is 0 Å². The molecule has 0 fully saturated rings. The van der Waals surface area contributed by atoms with Crippen molar-refractivity contribution in [3.8, 4) is 0 Å². The smallest absolute Gasteiger partial charge is 0.242 e. The number of likely N-dealkylation sites (N-methyl/N-ethyl adjacent to an activating group) is 1. The molecule has 0 unspecified atom stereocenters. The molecule has 1 heterocycles. The third-order valence-corrected chi connectivity index (χ3v) is 3.22. The van der Waals surface area contributed by atoms with Crippen LogP contribution in [0.25, 0.3) is 0 Å². The standard InChI is InChI=1S/C15H20FN5O/c1-11-10-21(19-18-11)8-7-17-15(22)14(20(2)3)12-5-4-6-13(16)9-12/h4-6,9-10,14H,7-8H2,1-3H3,(H,17,22)/t14-/m1/s1. The van der Waals surface area contributed by atoms with E-state index in [0.717, 1.165) is 5.69 Å².